The maximum atomic E-state index is 12.3. The van der Waals surface area contributed by atoms with Gasteiger partial charge >= 0.3 is 0 Å². The number of nitriles is 1. The fourth-order valence-corrected chi connectivity index (χ4v) is 3.21. The monoisotopic (exact) mass is 386 g/mol. The number of methoxy groups -OCH3 is 1. The molecule has 0 aliphatic carbocycles. The van der Waals surface area contributed by atoms with Gasteiger partial charge in [-0.2, -0.15) is 10.4 Å². The largest absolute Gasteiger partial charge is 0.497 e. The smallest absolute Gasteiger partial charge is 0.261 e. The van der Waals surface area contributed by atoms with E-state index in [2.05, 4.69) is 15.1 Å². The lowest BCUT2D eigenvalue weighted by molar-refractivity contribution is -0.121. The van der Waals surface area contributed by atoms with Gasteiger partial charge in [-0.1, -0.05) is 30.3 Å². The fourth-order valence-electron chi connectivity index (χ4n) is 3.21. The van der Waals surface area contributed by atoms with E-state index in [1.807, 2.05) is 56.3 Å². The Hall–Kier alpha value is -3.85. The minimum absolute atomic E-state index is 0.459. The van der Waals surface area contributed by atoms with Gasteiger partial charge in [0.2, 0.25) is 0 Å². The highest BCUT2D eigenvalue weighted by molar-refractivity contribution is 5.88. The van der Waals surface area contributed by atoms with Gasteiger partial charge in [-0.05, 0) is 49.7 Å². The second-order valence-electron chi connectivity index (χ2n) is 6.57. The third-order valence-electron chi connectivity index (χ3n) is 4.70. The van der Waals surface area contributed by atoms with Gasteiger partial charge in [-0.15, -0.1) is 0 Å². The van der Waals surface area contributed by atoms with E-state index in [9.17, 15) is 10.1 Å². The highest BCUT2D eigenvalue weighted by Gasteiger charge is 2.19. The number of carbonyl (C=O) groups is 1. The standard InChI is InChI=1S/C23H22N4O2/c1-16-13-19(17(2)27(16)20-9-11-21(29-3)12-10-20)15-25-26-23(28)22(14-24)18-7-5-4-6-8-18/h4-13,15,22H,1-3H3,(H,26,28)/b25-15-/t22-/m1/s1. The summed E-state index contributed by atoms with van der Waals surface area (Å²) in [6.45, 7) is 4.00. The topological polar surface area (TPSA) is 79.4 Å². The minimum atomic E-state index is -0.903. The number of amides is 1. The van der Waals surface area contributed by atoms with Crippen LogP contribution < -0.4 is 10.2 Å². The lowest BCUT2D eigenvalue weighted by Gasteiger charge is -2.10. The van der Waals surface area contributed by atoms with Gasteiger partial charge in [0.05, 0.1) is 19.4 Å². The zero-order valence-electron chi connectivity index (χ0n) is 16.6. The SMILES string of the molecule is COc1ccc(-n2c(C)cc(/C=N\NC(=O)[C@H](C#N)c3ccccc3)c2C)cc1. The van der Waals surface area contributed by atoms with Crippen LogP contribution >= 0.6 is 0 Å². The van der Waals surface area contributed by atoms with E-state index < -0.39 is 11.8 Å². The molecule has 0 unspecified atom stereocenters. The number of nitrogens with one attached hydrogen (secondary N) is 1. The van der Waals surface area contributed by atoms with E-state index in [1.54, 1.807) is 37.6 Å². The first-order valence-corrected chi connectivity index (χ1v) is 9.16. The van der Waals surface area contributed by atoms with E-state index in [0.717, 1.165) is 28.4 Å². The van der Waals surface area contributed by atoms with Crippen molar-refractivity contribution >= 4 is 12.1 Å². The Morgan fingerprint density at radius 2 is 1.86 bits per heavy atom. The average Bonchev–Trinajstić information content (AvgIpc) is 3.02. The van der Waals surface area contributed by atoms with Crippen LogP contribution in [0.1, 0.15) is 28.4 Å². The van der Waals surface area contributed by atoms with Crippen molar-refractivity contribution in [2.75, 3.05) is 7.11 Å². The van der Waals surface area contributed by atoms with Crippen molar-refractivity contribution in [1.29, 1.82) is 5.26 Å². The van der Waals surface area contributed by atoms with Crippen LogP contribution in [-0.2, 0) is 4.79 Å². The fraction of sp³-hybridized carbons (Fsp3) is 0.174. The van der Waals surface area contributed by atoms with Gasteiger partial charge in [0.15, 0.2) is 5.92 Å². The van der Waals surface area contributed by atoms with E-state index in [4.69, 9.17) is 4.74 Å². The highest BCUT2D eigenvalue weighted by Crippen LogP contribution is 2.22. The van der Waals surface area contributed by atoms with Crippen molar-refractivity contribution in [2.24, 2.45) is 5.10 Å². The van der Waals surface area contributed by atoms with Crippen molar-refractivity contribution in [2.45, 2.75) is 19.8 Å². The molecule has 0 aliphatic heterocycles. The quantitative estimate of drug-likeness (QED) is 0.516. The number of ether oxygens (including phenoxy) is 1. The lowest BCUT2D eigenvalue weighted by Crippen LogP contribution is -2.24. The summed E-state index contributed by atoms with van der Waals surface area (Å²) < 4.78 is 7.32. The molecule has 0 aliphatic rings. The number of hydrazone groups is 1. The zero-order valence-corrected chi connectivity index (χ0v) is 16.6. The molecule has 1 atom stereocenters. The molecule has 1 amide bonds. The van der Waals surface area contributed by atoms with Crippen LogP contribution in [0.3, 0.4) is 0 Å². The Kier molecular flexibility index (Phi) is 6.10. The van der Waals surface area contributed by atoms with Gasteiger partial charge < -0.3 is 9.30 Å². The van der Waals surface area contributed by atoms with Crippen molar-refractivity contribution in [3.63, 3.8) is 0 Å². The molecule has 0 radical (unpaired) electrons. The summed E-state index contributed by atoms with van der Waals surface area (Å²) in [5.41, 5.74) is 7.04. The summed E-state index contributed by atoms with van der Waals surface area (Å²) in [5, 5.41) is 13.4. The lowest BCUT2D eigenvalue weighted by atomic mass is 10.0. The number of nitrogens with zero attached hydrogens (tertiary/aromatic N) is 3. The van der Waals surface area contributed by atoms with E-state index in [1.165, 1.54) is 0 Å². The van der Waals surface area contributed by atoms with E-state index in [-0.39, 0.29) is 0 Å². The first-order valence-electron chi connectivity index (χ1n) is 9.16. The molecule has 1 N–H and O–H groups in total. The predicted molar refractivity (Wildman–Crippen MR) is 112 cm³/mol. The molecule has 6 nitrogen and oxygen atoms in total. The Morgan fingerprint density at radius 1 is 1.17 bits per heavy atom. The van der Waals surface area contributed by atoms with Gasteiger partial charge in [-0.25, -0.2) is 5.43 Å². The molecular weight excluding hydrogens is 364 g/mol. The number of hydrogen-bond donors (Lipinski definition) is 1. The summed E-state index contributed by atoms with van der Waals surface area (Å²) >= 11 is 0. The molecule has 0 bridgehead atoms. The minimum Gasteiger partial charge on any atom is -0.497 e. The summed E-state index contributed by atoms with van der Waals surface area (Å²) in [7, 11) is 1.64. The first-order chi connectivity index (χ1) is 14.0. The molecule has 0 fully saturated rings. The molecule has 0 saturated heterocycles. The second kappa shape index (κ2) is 8.89. The summed E-state index contributed by atoms with van der Waals surface area (Å²) in [6.07, 6.45) is 1.60. The van der Waals surface area contributed by atoms with Crippen molar-refractivity contribution < 1.29 is 9.53 Å². The molecule has 29 heavy (non-hydrogen) atoms. The van der Waals surface area contributed by atoms with Crippen LogP contribution in [0, 0.1) is 25.2 Å². The molecular formula is C23H22N4O2. The summed E-state index contributed by atoms with van der Waals surface area (Å²) in [4.78, 5) is 12.3. The third-order valence-corrected chi connectivity index (χ3v) is 4.70. The summed E-state index contributed by atoms with van der Waals surface area (Å²) in [5.74, 6) is -0.565. The Balaban J connectivity index is 1.76. The number of aryl methyl sites for hydroxylation is 1. The van der Waals surface area contributed by atoms with Crippen LogP contribution in [0.25, 0.3) is 5.69 Å². The number of hydrogen-bond acceptors (Lipinski definition) is 4. The first kappa shape index (κ1) is 19.9. The highest BCUT2D eigenvalue weighted by atomic mass is 16.5. The van der Waals surface area contributed by atoms with Crippen LogP contribution in [0.15, 0.2) is 65.8 Å². The number of aromatic nitrogens is 1. The molecule has 0 saturated carbocycles. The van der Waals surface area contributed by atoms with Gasteiger partial charge in [-0.3, -0.25) is 4.79 Å². The molecule has 3 aromatic rings. The summed E-state index contributed by atoms with van der Waals surface area (Å²) in [6, 6.07) is 20.7. The van der Waals surface area contributed by atoms with Crippen LogP contribution in [0.2, 0.25) is 0 Å². The maximum Gasteiger partial charge on any atom is 0.261 e. The van der Waals surface area contributed by atoms with Crippen LogP contribution in [-0.4, -0.2) is 23.8 Å². The Morgan fingerprint density at radius 3 is 2.48 bits per heavy atom. The average molecular weight is 386 g/mol. The van der Waals surface area contributed by atoms with Crippen molar-refractivity contribution in [1.82, 2.24) is 9.99 Å². The molecule has 146 valence electrons. The van der Waals surface area contributed by atoms with Gasteiger partial charge in [0.1, 0.15) is 5.75 Å². The third kappa shape index (κ3) is 4.36. The zero-order chi connectivity index (χ0) is 20.8. The molecule has 1 heterocycles. The molecule has 3 rings (SSSR count). The van der Waals surface area contributed by atoms with E-state index >= 15 is 0 Å². The Labute approximate surface area is 170 Å². The van der Waals surface area contributed by atoms with Crippen molar-refractivity contribution in [3.05, 3.63) is 83.2 Å². The predicted octanol–water partition coefficient (Wildman–Crippen LogP) is 3.86. The maximum absolute atomic E-state index is 12.3. The molecule has 0 spiro atoms. The number of carbonyl (C=O) groups excluding carboxylic acids is 1. The van der Waals surface area contributed by atoms with Crippen molar-refractivity contribution in [3.8, 4) is 17.5 Å². The molecule has 1 aromatic heterocycles. The molecule has 2 aromatic carbocycles. The van der Waals surface area contributed by atoms with E-state index in [0.29, 0.717) is 5.56 Å². The van der Waals surface area contributed by atoms with Gasteiger partial charge in [0, 0.05) is 22.6 Å². The Bertz CT molecular complexity index is 1060. The number of rotatable bonds is 6. The number of benzene rings is 2. The second-order valence-corrected chi connectivity index (χ2v) is 6.57. The van der Waals surface area contributed by atoms with Gasteiger partial charge in [0.25, 0.3) is 5.91 Å². The van der Waals surface area contributed by atoms with Crippen LogP contribution in [0.5, 0.6) is 5.75 Å². The normalized spacial score (nSPS) is 11.8. The van der Waals surface area contributed by atoms with Crippen LogP contribution in [0.4, 0.5) is 0 Å². The molecule has 6 heteroatoms.